The van der Waals surface area contributed by atoms with Gasteiger partial charge in [0, 0.05) is 19.1 Å². The van der Waals surface area contributed by atoms with E-state index in [1.807, 2.05) is 30.3 Å². The van der Waals surface area contributed by atoms with E-state index in [0.717, 1.165) is 5.56 Å². The summed E-state index contributed by atoms with van der Waals surface area (Å²) in [6, 6.07) is 9.78. The number of amides is 1. The highest BCUT2D eigenvalue weighted by atomic mass is 32.2. The molecule has 0 spiro atoms. The summed E-state index contributed by atoms with van der Waals surface area (Å²) in [7, 11) is 0. The zero-order chi connectivity index (χ0) is 20.0. The van der Waals surface area contributed by atoms with Crippen LogP contribution in [-0.2, 0) is 10.5 Å². The second-order valence-electron chi connectivity index (χ2n) is 6.11. The zero-order valence-corrected chi connectivity index (χ0v) is 16.4. The third-order valence-electron chi connectivity index (χ3n) is 4.00. The molecule has 5 N–H and O–H groups in total. The molecule has 0 aromatic heterocycles. The Balaban J connectivity index is 1.95. The molecule has 1 unspecified atom stereocenters. The van der Waals surface area contributed by atoms with Gasteiger partial charge in [0.1, 0.15) is 23.7 Å². The second-order valence-corrected chi connectivity index (χ2v) is 8.50. The molecule has 1 aliphatic rings. The van der Waals surface area contributed by atoms with Gasteiger partial charge in [0.2, 0.25) is 5.91 Å². The molecule has 1 aromatic rings. The first-order valence-electron chi connectivity index (χ1n) is 8.38. The van der Waals surface area contributed by atoms with Crippen molar-refractivity contribution in [1.29, 1.82) is 0 Å². The lowest BCUT2D eigenvalue weighted by Gasteiger charge is -2.28. The quantitative estimate of drug-likeness (QED) is 0.398. The van der Waals surface area contributed by atoms with Crippen LogP contribution >= 0.6 is 23.5 Å². The molecule has 0 aliphatic carbocycles. The molecule has 27 heavy (non-hydrogen) atoms. The summed E-state index contributed by atoms with van der Waals surface area (Å²) < 4.78 is 0.664. The molecule has 2 rings (SSSR count). The van der Waals surface area contributed by atoms with Crippen molar-refractivity contribution in [2.75, 3.05) is 6.61 Å². The maximum atomic E-state index is 11.8. The molecular formula is C17H24N2O6S2. The fourth-order valence-corrected chi connectivity index (χ4v) is 4.82. The van der Waals surface area contributed by atoms with Gasteiger partial charge in [0.05, 0.1) is 12.7 Å². The first kappa shape index (κ1) is 22.2. The number of benzene rings is 1. The van der Waals surface area contributed by atoms with Crippen LogP contribution in [0.2, 0.25) is 0 Å². The average molecular weight is 417 g/mol. The number of hydrogen-bond donors (Lipinski definition) is 5. The molecule has 8 nitrogen and oxygen atoms in total. The highest BCUT2D eigenvalue weighted by Crippen LogP contribution is 2.36. The van der Waals surface area contributed by atoms with E-state index in [4.69, 9.17) is 5.11 Å². The Kier molecular flexibility index (Phi) is 8.55. The summed E-state index contributed by atoms with van der Waals surface area (Å²) >= 11 is 2.76. The van der Waals surface area contributed by atoms with E-state index in [-0.39, 0.29) is 12.3 Å². The van der Waals surface area contributed by atoms with E-state index in [2.05, 4.69) is 5.10 Å². The molecule has 0 bridgehead atoms. The lowest BCUT2D eigenvalue weighted by atomic mass is 10.0. The summed E-state index contributed by atoms with van der Waals surface area (Å²) in [5.74, 6) is 0.373. The largest absolute Gasteiger partial charge is 0.394 e. The van der Waals surface area contributed by atoms with Crippen LogP contribution in [0.15, 0.2) is 35.4 Å². The standard InChI is InChI=1S/C17H24N2O6S2/c1-10(21)19-14(7-12(22)15(24)16(25)13(23)8-20)27-17(18-19)26-9-11-5-3-2-4-6-11/h2-6,12-16,20,22-25H,7-9H2,1H3/t12-,13+,14?,15+,16-/m0/s1. The van der Waals surface area contributed by atoms with Crippen molar-refractivity contribution in [3.8, 4) is 0 Å². The Morgan fingerprint density at radius 3 is 2.41 bits per heavy atom. The van der Waals surface area contributed by atoms with Crippen LogP contribution in [0.25, 0.3) is 0 Å². The first-order valence-corrected chi connectivity index (χ1v) is 10.2. The average Bonchev–Trinajstić information content (AvgIpc) is 3.08. The third kappa shape index (κ3) is 6.18. The molecule has 1 aliphatic heterocycles. The first-order chi connectivity index (χ1) is 12.8. The Hall–Kier alpha value is -1.14. The maximum absolute atomic E-state index is 11.8. The van der Waals surface area contributed by atoms with E-state index in [1.54, 1.807) is 0 Å². The van der Waals surface area contributed by atoms with E-state index < -0.39 is 36.4 Å². The summed E-state index contributed by atoms with van der Waals surface area (Å²) in [6.45, 7) is 0.612. The van der Waals surface area contributed by atoms with Crippen molar-refractivity contribution < 1.29 is 30.3 Å². The fraction of sp³-hybridized carbons (Fsp3) is 0.529. The lowest BCUT2D eigenvalue weighted by molar-refractivity contribution is -0.132. The number of hydrogen-bond acceptors (Lipinski definition) is 9. The number of aliphatic hydroxyl groups excluding tert-OH is 5. The number of aliphatic hydroxyl groups is 5. The van der Waals surface area contributed by atoms with Gasteiger partial charge in [-0.2, -0.15) is 5.10 Å². The lowest BCUT2D eigenvalue weighted by Crippen LogP contribution is -2.47. The van der Waals surface area contributed by atoms with E-state index in [0.29, 0.717) is 10.1 Å². The van der Waals surface area contributed by atoms with Crippen molar-refractivity contribution in [3.05, 3.63) is 35.9 Å². The van der Waals surface area contributed by atoms with Crippen LogP contribution in [0.1, 0.15) is 18.9 Å². The molecule has 1 amide bonds. The number of carbonyl (C=O) groups excluding carboxylic acids is 1. The van der Waals surface area contributed by atoms with Gasteiger partial charge in [-0.05, 0) is 5.56 Å². The predicted octanol–water partition coefficient (Wildman–Crippen LogP) is -0.0618. The van der Waals surface area contributed by atoms with Crippen LogP contribution in [0.4, 0.5) is 0 Å². The van der Waals surface area contributed by atoms with E-state index in [1.165, 1.54) is 35.5 Å². The van der Waals surface area contributed by atoms with Gasteiger partial charge in [-0.1, -0.05) is 53.9 Å². The Bertz CT molecular complexity index is 648. The summed E-state index contributed by atoms with van der Waals surface area (Å²) in [6.07, 6.45) is -6.39. The van der Waals surface area contributed by atoms with E-state index >= 15 is 0 Å². The number of thioether (sulfide) groups is 2. The van der Waals surface area contributed by atoms with Crippen LogP contribution in [0.5, 0.6) is 0 Å². The van der Waals surface area contributed by atoms with Gasteiger partial charge in [-0.25, -0.2) is 5.01 Å². The van der Waals surface area contributed by atoms with Crippen LogP contribution < -0.4 is 0 Å². The van der Waals surface area contributed by atoms with Crippen LogP contribution in [-0.4, -0.2) is 77.2 Å². The predicted molar refractivity (Wildman–Crippen MR) is 105 cm³/mol. The van der Waals surface area contributed by atoms with Crippen molar-refractivity contribution in [2.24, 2.45) is 5.10 Å². The Morgan fingerprint density at radius 1 is 1.19 bits per heavy atom. The number of carbonyl (C=O) groups is 1. The number of nitrogens with zero attached hydrogens (tertiary/aromatic N) is 2. The number of hydrazone groups is 1. The summed E-state index contributed by atoms with van der Waals surface area (Å²) in [5.41, 5.74) is 1.11. The van der Waals surface area contributed by atoms with Gasteiger partial charge < -0.3 is 25.5 Å². The minimum Gasteiger partial charge on any atom is -0.394 e. The highest BCUT2D eigenvalue weighted by molar-refractivity contribution is 8.39. The minimum absolute atomic E-state index is 0.0560. The van der Waals surface area contributed by atoms with Crippen LogP contribution in [0.3, 0.4) is 0 Å². The van der Waals surface area contributed by atoms with Gasteiger partial charge in [0.25, 0.3) is 0 Å². The van der Waals surface area contributed by atoms with Crippen molar-refractivity contribution >= 4 is 33.8 Å². The monoisotopic (exact) mass is 416 g/mol. The van der Waals surface area contributed by atoms with Crippen molar-refractivity contribution in [1.82, 2.24) is 5.01 Å². The van der Waals surface area contributed by atoms with E-state index in [9.17, 15) is 25.2 Å². The van der Waals surface area contributed by atoms with Crippen molar-refractivity contribution in [2.45, 2.75) is 48.9 Å². The van der Waals surface area contributed by atoms with Gasteiger partial charge in [-0.3, -0.25) is 4.79 Å². The zero-order valence-electron chi connectivity index (χ0n) is 14.8. The van der Waals surface area contributed by atoms with Gasteiger partial charge in [-0.15, -0.1) is 0 Å². The molecule has 0 saturated heterocycles. The molecule has 5 atom stereocenters. The molecule has 10 heteroatoms. The Labute approximate surface area is 165 Å². The smallest absolute Gasteiger partial charge is 0.240 e. The van der Waals surface area contributed by atoms with Crippen LogP contribution in [0, 0.1) is 0 Å². The normalized spacial score (nSPS) is 21.5. The van der Waals surface area contributed by atoms with Gasteiger partial charge >= 0.3 is 0 Å². The highest BCUT2D eigenvalue weighted by Gasteiger charge is 2.37. The third-order valence-corrected chi connectivity index (χ3v) is 6.39. The molecule has 0 radical (unpaired) electrons. The molecular weight excluding hydrogens is 392 g/mol. The van der Waals surface area contributed by atoms with Crippen molar-refractivity contribution in [3.63, 3.8) is 0 Å². The molecule has 0 saturated carbocycles. The van der Waals surface area contributed by atoms with Gasteiger partial charge in [0.15, 0.2) is 4.38 Å². The topological polar surface area (TPSA) is 134 Å². The molecule has 150 valence electrons. The fourth-order valence-electron chi connectivity index (χ4n) is 2.45. The Morgan fingerprint density at radius 2 is 1.81 bits per heavy atom. The summed E-state index contributed by atoms with van der Waals surface area (Å²) in [4.78, 5) is 11.8. The maximum Gasteiger partial charge on any atom is 0.240 e. The molecule has 1 aromatic carbocycles. The minimum atomic E-state index is -1.70. The second kappa shape index (κ2) is 10.4. The molecule has 0 fully saturated rings. The molecule has 1 heterocycles. The summed E-state index contributed by atoms with van der Waals surface area (Å²) in [5, 5.41) is 53.1. The SMILES string of the molecule is CC(=O)N1N=C(SCc2ccccc2)SC1C[C@H](O)[C@@H](O)[C@@H](O)[C@H](O)CO. The number of rotatable bonds is 8.